The Balaban J connectivity index is -0.000000636. The molecule has 0 fully saturated rings. The fourth-order valence-corrected chi connectivity index (χ4v) is 2.78. The summed E-state index contributed by atoms with van der Waals surface area (Å²) in [4.78, 5) is 29.2. The molecule has 7 heteroatoms. The van der Waals surface area contributed by atoms with Crippen LogP contribution in [0.25, 0.3) is 0 Å². The molecule has 29 heavy (non-hydrogen) atoms. The molecule has 6 nitrogen and oxygen atoms in total. The van der Waals surface area contributed by atoms with Crippen LogP contribution in [0.15, 0.2) is 12.2 Å². The minimum atomic E-state index is -1.55. The van der Waals surface area contributed by atoms with Gasteiger partial charge in [0.2, 0.25) is 0 Å². The van der Waals surface area contributed by atoms with Gasteiger partial charge in [-0.1, -0.05) is 96.8 Å². The molecule has 0 aliphatic carbocycles. The molecule has 0 aromatic heterocycles. The molecule has 0 atom stereocenters. The van der Waals surface area contributed by atoms with Gasteiger partial charge in [-0.3, -0.25) is 4.79 Å². The monoisotopic (exact) mass is 422 g/mol. The van der Waals surface area contributed by atoms with Crippen molar-refractivity contribution in [1.29, 1.82) is 0 Å². The van der Waals surface area contributed by atoms with Gasteiger partial charge >= 0.3 is 29.0 Å². The first-order valence-corrected chi connectivity index (χ1v) is 10.7. The van der Waals surface area contributed by atoms with E-state index in [1.807, 2.05) is 0 Å². The van der Waals surface area contributed by atoms with Crippen molar-refractivity contribution in [2.75, 3.05) is 0 Å². The summed E-state index contributed by atoms with van der Waals surface area (Å²) in [6.07, 6.45) is 21.0. The summed E-state index contributed by atoms with van der Waals surface area (Å²) >= 11 is 0. The predicted octanol–water partition coefficient (Wildman–Crippen LogP) is 2.99. The second kappa shape index (κ2) is 26.9. The number of carboxylic acid groups (broad SMARTS) is 3. The van der Waals surface area contributed by atoms with E-state index in [0.29, 0.717) is 18.6 Å². The molecule has 0 unspecified atom stereocenters. The second-order valence-corrected chi connectivity index (χ2v) is 7.06. The van der Waals surface area contributed by atoms with Gasteiger partial charge in [-0.25, -0.2) is 0 Å². The van der Waals surface area contributed by atoms with Crippen LogP contribution in [-0.2, 0) is 14.4 Å². The third-order valence-corrected chi connectivity index (χ3v) is 4.35. The van der Waals surface area contributed by atoms with Crippen LogP contribution in [0, 0.1) is 0 Å². The fourth-order valence-electron chi connectivity index (χ4n) is 2.78. The van der Waals surface area contributed by atoms with Crippen LogP contribution in [0.4, 0.5) is 0 Å². The van der Waals surface area contributed by atoms with E-state index in [9.17, 15) is 24.6 Å². The number of unbranched alkanes of at least 4 members (excludes halogenated alkanes) is 14. The maximum Gasteiger partial charge on any atom is 2.00 e. The van der Waals surface area contributed by atoms with Gasteiger partial charge in [0, 0.05) is 6.42 Å². The van der Waals surface area contributed by atoms with Gasteiger partial charge in [-0.2, -0.15) is 0 Å². The van der Waals surface area contributed by atoms with Gasteiger partial charge in [0.05, 0.1) is 11.9 Å². The standard InChI is InChI=1S/C18H36O2.C4H4O4.Mg/c1-2-3-4-5-6-7-8-9-10-11-12-13-14-15-16-17-18(19)20;5-3(6)1-2-4(7)8;/h2-17H2,1H3,(H,19,20);1-2H,(H,5,6)(H,7,8);/q;;+2/p-2/b;2-1+;. The van der Waals surface area contributed by atoms with Gasteiger partial charge < -0.3 is 24.9 Å². The molecule has 0 heterocycles. The van der Waals surface area contributed by atoms with E-state index in [0.717, 1.165) is 12.8 Å². The molecule has 0 rings (SSSR count). The number of hydrogen-bond donors (Lipinski definition) is 1. The van der Waals surface area contributed by atoms with Crippen LogP contribution >= 0.6 is 0 Å². The molecule has 0 aromatic carbocycles. The molecule has 0 aliphatic heterocycles. The third kappa shape index (κ3) is 38.2. The topological polar surface area (TPSA) is 118 Å². The Morgan fingerprint density at radius 1 is 0.621 bits per heavy atom. The molecular weight excluding hydrogens is 385 g/mol. The maximum atomic E-state index is 10.3. The number of hydrogen-bond acceptors (Lipinski definition) is 5. The summed E-state index contributed by atoms with van der Waals surface area (Å²) in [5.41, 5.74) is 0. The van der Waals surface area contributed by atoms with E-state index in [1.165, 1.54) is 83.5 Å². The largest absolute Gasteiger partial charge is 2.00 e. The molecule has 1 N–H and O–H groups in total. The molecule has 0 aliphatic rings. The van der Waals surface area contributed by atoms with Crippen LogP contribution in [0.2, 0.25) is 0 Å². The zero-order valence-corrected chi connectivity index (χ0v) is 19.6. The Bertz CT molecular complexity index is 408. The minimum absolute atomic E-state index is 0. The summed E-state index contributed by atoms with van der Waals surface area (Å²) in [6.45, 7) is 2.27. The Hall–Kier alpha value is -1.08. The average Bonchev–Trinajstić information content (AvgIpc) is 2.63. The summed E-state index contributed by atoms with van der Waals surface area (Å²) in [5, 5.41) is 27.3. The van der Waals surface area contributed by atoms with Gasteiger partial charge in [-0.05, 0) is 18.6 Å². The van der Waals surface area contributed by atoms with Gasteiger partial charge in [0.1, 0.15) is 0 Å². The number of carbonyl (C=O) groups is 3. The van der Waals surface area contributed by atoms with Crippen LogP contribution in [0.3, 0.4) is 0 Å². The van der Waals surface area contributed by atoms with Crippen molar-refractivity contribution in [3.63, 3.8) is 0 Å². The van der Waals surface area contributed by atoms with Crippen molar-refractivity contribution in [3.05, 3.63) is 12.2 Å². The smallest absolute Gasteiger partial charge is 0.545 e. The van der Waals surface area contributed by atoms with Crippen molar-refractivity contribution in [2.24, 2.45) is 0 Å². The molecule has 0 bridgehead atoms. The Kier molecular flexibility index (Phi) is 30.2. The summed E-state index contributed by atoms with van der Waals surface area (Å²) in [5.74, 6) is -3.75. The number of aliphatic carboxylic acids is 3. The summed E-state index contributed by atoms with van der Waals surface area (Å²) in [6, 6.07) is 0. The molecule has 0 saturated heterocycles. The number of carbonyl (C=O) groups excluding carboxylic acids is 2. The van der Waals surface area contributed by atoms with Gasteiger partial charge in [0.15, 0.2) is 0 Å². The molecule has 0 amide bonds. The van der Waals surface area contributed by atoms with E-state index in [1.54, 1.807) is 0 Å². The average molecular weight is 423 g/mol. The molecule has 0 radical (unpaired) electrons. The summed E-state index contributed by atoms with van der Waals surface area (Å²) < 4.78 is 0. The SMILES string of the molecule is CCCCCCCCCCCCCCCCCC(=O)O.O=C([O-])/C=C/C(=O)[O-].[Mg+2]. The molecular formula is C22H38MgO6. The Morgan fingerprint density at radius 3 is 1.14 bits per heavy atom. The Labute approximate surface area is 192 Å². The number of rotatable bonds is 18. The van der Waals surface area contributed by atoms with Gasteiger partial charge in [0.25, 0.3) is 0 Å². The maximum absolute atomic E-state index is 10.3. The van der Waals surface area contributed by atoms with Crippen molar-refractivity contribution in [2.45, 2.75) is 110 Å². The van der Waals surface area contributed by atoms with E-state index < -0.39 is 17.9 Å². The second-order valence-electron chi connectivity index (χ2n) is 7.06. The molecule has 0 aromatic rings. The first kappa shape index (κ1) is 32.6. The van der Waals surface area contributed by atoms with Crippen LogP contribution in [0.1, 0.15) is 110 Å². The molecule has 0 spiro atoms. The summed E-state index contributed by atoms with van der Waals surface area (Å²) in [7, 11) is 0. The van der Waals surface area contributed by atoms with E-state index in [2.05, 4.69) is 6.92 Å². The van der Waals surface area contributed by atoms with Gasteiger partial charge in [-0.15, -0.1) is 0 Å². The molecule has 164 valence electrons. The van der Waals surface area contributed by atoms with Crippen LogP contribution < -0.4 is 10.2 Å². The fraction of sp³-hybridized carbons (Fsp3) is 0.773. The van der Waals surface area contributed by atoms with Crippen LogP contribution in [0.5, 0.6) is 0 Å². The number of carboxylic acids is 3. The van der Waals surface area contributed by atoms with Crippen molar-refractivity contribution in [3.8, 4) is 0 Å². The zero-order valence-electron chi connectivity index (χ0n) is 18.2. The minimum Gasteiger partial charge on any atom is -0.545 e. The third-order valence-electron chi connectivity index (χ3n) is 4.35. The first-order valence-electron chi connectivity index (χ1n) is 10.7. The van der Waals surface area contributed by atoms with E-state index in [-0.39, 0.29) is 23.1 Å². The van der Waals surface area contributed by atoms with Crippen molar-refractivity contribution >= 4 is 41.0 Å². The normalized spacial score (nSPS) is 10.1. The predicted molar refractivity (Wildman–Crippen MR) is 112 cm³/mol. The Morgan fingerprint density at radius 2 is 0.897 bits per heavy atom. The van der Waals surface area contributed by atoms with E-state index in [4.69, 9.17) is 5.11 Å². The first-order chi connectivity index (χ1) is 13.4. The quantitative estimate of drug-likeness (QED) is 0.206. The zero-order chi connectivity index (χ0) is 21.5. The van der Waals surface area contributed by atoms with Crippen LogP contribution in [-0.4, -0.2) is 46.1 Å². The molecule has 0 saturated carbocycles. The van der Waals surface area contributed by atoms with Crippen molar-refractivity contribution in [1.82, 2.24) is 0 Å². The van der Waals surface area contributed by atoms with Crippen molar-refractivity contribution < 1.29 is 29.7 Å². The van der Waals surface area contributed by atoms with E-state index >= 15 is 0 Å².